The van der Waals surface area contributed by atoms with Gasteiger partial charge in [-0.15, -0.1) is 0 Å². The molecule has 3 aromatic rings. The smallest absolute Gasteiger partial charge is 0.335 e. The third-order valence-electron chi connectivity index (χ3n) is 4.19. The molecule has 138 valence electrons. The zero-order valence-electron chi connectivity index (χ0n) is 14.9. The lowest BCUT2D eigenvalue weighted by molar-refractivity contribution is 0.0686. The van der Waals surface area contributed by atoms with Gasteiger partial charge in [0.1, 0.15) is 0 Å². The molecular formula is C24H18O4. The zero-order valence-corrected chi connectivity index (χ0v) is 14.9. The van der Waals surface area contributed by atoms with Gasteiger partial charge in [-0.1, -0.05) is 72.8 Å². The summed E-state index contributed by atoms with van der Waals surface area (Å²) in [6, 6.07) is 21.4. The molecule has 0 saturated carbocycles. The van der Waals surface area contributed by atoms with Crippen molar-refractivity contribution in [2.24, 2.45) is 0 Å². The Bertz CT molecular complexity index is 939. The van der Waals surface area contributed by atoms with Crippen molar-refractivity contribution in [3.8, 4) is 0 Å². The van der Waals surface area contributed by atoms with Gasteiger partial charge >= 0.3 is 11.9 Å². The van der Waals surface area contributed by atoms with E-state index in [1.165, 1.54) is 0 Å². The molecule has 0 bridgehead atoms. The van der Waals surface area contributed by atoms with Gasteiger partial charge in [0.2, 0.25) is 0 Å². The van der Waals surface area contributed by atoms with E-state index in [4.69, 9.17) is 10.2 Å². The van der Waals surface area contributed by atoms with E-state index in [0.717, 1.165) is 22.3 Å². The number of carboxylic acid groups (broad SMARTS) is 2. The van der Waals surface area contributed by atoms with Gasteiger partial charge in [0.25, 0.3) is 0 Å². The van der Waals surface area contributed by atoms with E-state index in [0.29, 0.717) is 0 Å². The summed E-state index contributed by atoms with van der Waals surface area (Å²) in [7, 11) is 0. The lowest BCUT2D eigenvalue weighted by Gasteiger charge is -1.99. The van der Waals surface area contributed by atoms with Crippen LogP contribution in [-0.2, 0) is 0 Å². The molecule has 0 spiro atoms. The number of carbonyl (C=O) groups is 2. The average molecular weight is 370 g/mol. The van der Waals surface area contributed by atoms with E-state index in [1.807, 2.05) is 48.6 Å². The Balaban J connectivity index is 1.64. The number of benzene rings is 3. The van der Waals surface area contributed by atoms with Crippen molar-refractivity contribution < 1.29 is 19.8 Å². The monoisotopic (exact) mass is 370 g/mol. The molecule has 2 N–H and O–H groups in total. The highest BCUT2D eigenvalue weighted by molar-refractivity contribution is 5.88. The summed E-state index contributed by atoms with van der Waals surface area (Å²) >= 11 is 0. The number of hydrogen-bond donors (Lipinski definition) is 2. The highest BCUT2D eigenvalue weighted by Gasteiger charge is 2.01. The first-order valence-electron chi connectivity index (χ1n) is 8.64. The molecule has 4 nitrogen and oxygen atoms in total. The van der Waals surface area contributed by atoms with Gasteiger partial charge in [0, 0.05) is 0 Å². The van der Waals surface area contributed by atoms with Crippen molar-refractivity contribution in [3.05, 3.63) is 106 Å². The molecule has 28 heavy (non-hydrogen) atoms. The maximum Gasteiger partial charge on any atom is 0.335 e. The van der Waals surface area contributed by atoms with Crippen molar-refractivity contribution in [2.45, 2.75) is 0 Å². The molecule has 0 saturated heterocycles. The van der Waals surface area contributed by atoms with Gasteiger partial charge in [-0.2, -0.15) is 0 Å². The second-order valence-corrected chi connectivity index (χ2v) is 6.19. The molecule has 0 amide bonds. The van der Waals surface area contributed by atoms with Crippen LogP contribution in [0.25, 0.3) is 24.3 Å². The summed E-state index contributed by atoms with van der Waals surface area (Å²) in [6.07, 6.45) is 7.79. The van der Waals surface area contributed by atoms with Crippen LogP contribution >= 0.6 is 0 Å². The van der Waals surface area contributed by atoms with E-state index >= 15 is 0 Å². The van der Waals surface area contributed by atoms with E-state index in [2.05, 4.69) is 0 Å². The fourth-order valence-corrected chi connectivity index (χ4v) is 2.58. The zero-order chi connectivity index (χ0) is 19.9. The Kier molecular flexibility index (Phi) is 5.82. The van der Waals surface area contributed by atoms with Crippen molar-refractivity contribution in [2.75, 3.05) is 0 Å². The third-order valence-corrected chi connectivity index (χ3v) is 4.19. The van der Waals surface area contributed by atoms with Gasteiger partial charge in [0.05, 0.1) is 11.1 Å². The Morgan fingerprint density at radius 3 is 0.893 bits per heavy atom. The summed E-state index contributed by atoms with van der Waals surface area (Å²) in [5, 5.41) is 17.8. The standard InChI is InChI=1S/C24H18O4/c25-23(26)21-13-9-19(10-14-21)7-5-17-1-2-18(4-3-17)6-8-20-11-15-22(16-12-20)24(27)28/h1-16H,(H,25,26)(H,27,28)/b7-5-,8-6+. The van der Waals surface area contributed by atoms with Crippen LogP contribution in [0, 0.1) is 0 Å². The molecule has 0 heterocycles. The summed E-state index contributed by atoms with van der Waals surface area (Å²) < 4.78 is 0. The molecule has 0 unspecified atom stereocenters. The molecule has 0 aliphatic heterocycles. The summed E-state index contributed by atoms with van der Waals surface area (Å²) in [6.45, 7) is 0. The van der Waals surface area contributed by atoms with E-state index in [-0.39, 0.29) is 11.1 Å². The van der Waals surface area contributed by atoms with Crippen LogP contribution in [0.3, 0.4) is 0 Å². The third kappa shape index (κ3) is 5.05. The Morgan fingerprint density at radius 1 is 0.464 bits per heavy atom. The van der Waals surface area contributed by atoms with Crippen LogP contribution in [0.5, 0.6) is 0 Å². The molecule has 0 aliphatic rings. The maximum absolute atomic E-state index is 10.9. The fraction of sp³-hybridized carbons (Fsp3) is 0. The van der Waals surface area contributed by atoms with Crippen LogP contribution in [0.4, 0.5) is 0 Å². The molecule has 0 aromatic heterocycles. The normalized spacial score (nSPS) is 11.1. The van der Waals surface area contributed by atoms with Crippen molar-refractivity contribution in [1.82, 2.24) is 0 Å². The first-order chi connectivity index (χ1) is 13.5. The molecule has 3 rings (SSSR count). The fourth-order valence-electron chi connectivity index (χ4n) is 2.58. The topological polar surface area (TPSA) is 74.6 Å². The lowest BCUT2D eigenvalue weighted by Crippen LogP contribution is -1.94. The van der Waals surface area contributed by atoms with Crippen LogP contribution < -0.4 is 0 Å². The maximum atomic E-state index is 10.9. The van der Waals surface area contributed by atoms with Crippen LogP contribution in [0.2, 0.25) is 0 Å². The van der Waals surface area contributed by atoms with Crippen molar-refractivity contribution in [1.29, 1.82) is 0 Å². The first-order valence-corrected chi connectivity index (χ1v) is 8.64. The number of hydrogen-bond acceptors (Lipinski definition) is 2. The highest BCUT2D eigenvalue weighted by atomic mass is 16.4. The Hall–Kier alpha value is -3.92. The molecular weight excluding hydrogens is 352 g/mol. The number of carboxylic acids is 2. The Labute approximate surface area is 162 Å². The molecule has 0 fully saturated rings. The molecule has 0 aliphatic carbocycles. The van der Waals surface area contributed by atoms with Crippen LogP contribution in [0.15, 0.2) is 72.8 Å². The summed E-state index contributed by atoms with van der Waals surface area (Å²) in [5.74, 6) is -1.87. The van der Waals surface area contributed by atoms with E-state index < -0.39 is 11.9 Å². The highest BCUT2D eigenvalue weighted by Crippen LogP contribution is 2.14. The number of rotatable bonds is 6. The van der Waals surface area contributed by atoms with Gasteiger partial charge < -0.3 is 10.2 Å². The van der Waals surface area contributed by atoms with Gasteiger partial charge in [-0.25, -0.2) is 9.59 Å². The van der Waals surface area contributed by atoms with Crippen molar-refractivity contribution in [3.63, 3.8) is 0 Å². The second kappa shape index (κ2) is 8.64. The molecule has 4 heteroatoms. The summed E-state index contributed by atoms with van der Waals surface area (Å²) in [5.41, 5.74) is 4.46. The SMILES string of the molecule is O=C(O)c1ccc(/C=C\c2ccc(/C=C/c3ccc(C(=O)O)cc3)cc2)cc1. The van der Waals surface area contributed by atoms with Gasteiger partial charge in [-0.3, -0.25) is 0 Å². The summed E-state index contributed by atoms with van der Waals surface area (Å²) in [4.78, 5) is 21.7. The minimum atomic E-state index is -0.933. The molecule has 3 aromatic carbocycles. The number of aromatic carboxylic acids is 2. The van der Waals surface area contributed by atoms with Crippen molar-refractivity contribution >= 4 is 36.2 Å². The molecule has 0 atom stereocenters. The van der Waals surface area contributed by atoms with Gasteiger partial charge in [0.15, 0.2) is 0 Å². The van der Waals surface area contributed by atoms with Crippen LogP contribution in [-0.4, -0.2) is 22.2 Å². The largest absolute Gasteiger partial charge is 0.478 e. The van der Waals surface area contributed by atoms with E-state index in [9.17, 15) is 9.59 Å². The predicted molar refractivity (Wildman–Crippen MR) is 111 cm³/mol. The van der Waals surface area contributed by atoms with Gasteiger partial charge in [-0.05, 0) is 46.5 Å². The second-order valence-electron chi connectivity index (χ2n) is 6.19. The minimum Gasteiger partial charge on any atom is -0.478 e. The minimum absolute atomic E-state index is 0.269. The molecule has 0 radical (unpaired) electrons. The predicted octanol–water partition coefficient (Wildman–Crippen LogP) is 5.42. The quantitative estimate of drug-likeness (QED) is 0.568. The Morgan fingerprint density at radius 2 is 0.679 bits per heavy atom. The lowest BCUT2D eigenvalue weighted by atomic mass is 10.1. The van der Waals surface area contributed by atoms with Crippen LogP contribution in [0.1, 0.15) is 43.0 Å². The average Bonchev–Trinajstić information content (AvgIpc) is 2.72. The van der Waals surface area contributed by atoms with E-state index in [1.54, 1.807) is 48.5 Å². The first kappa shape index (κ1) is 18.9.